The topological polar surface area (TPSA) is 148 Å². The molecule has 0 heterocycles. The van der Waals surface area contributed by atoms with E-state index in [4.69, 9.17) is 16.6 Å². The number of carbonyl (C=O) groups is 3. The van der Waals surface area contributed by atoms with Gasteiger partial charge < -0.3 is 27.2 Å². The summed E-state index contributed by atoms with van der Waals surface area (Å²) in [6.45, 7) is 3.87. The van der Waals surface area contributed by atoms with E-state index >= 15 is 0 Å². The first-order valence-corrected chi connectivity index (χ1v) is 6.06. The zero-order valence-corrected chi connectivity index (χ0v) is 11.2. The molecule has 0 saturated heterocycles. The molecule has 19 heavy (non-hydrogen) atoms. The van der Waals surface area contributed by atoms with Gasteiger partial charge in [-0.2, -0.15) is 0 Å². The van der Waals surface area contributed by atoms with E-state index in [1.54, 1.807) is 0 Å². The summed E-state index contributed by atoms with van der Waals surface area (Å²) in [5.74, 6) is -0.933. The van der Waals surface area contributed by atoms with Crippen LogP contribution in [-0.2, 0) is 9.59 Å². The highest BCUT2D eigenvalue weighted by molar-refractivity contribution is 5.88. The first kappa shape index (κ1) is 17.2. The van der Waals surface area contributed by atoms with Gasteiger partial charge in [-0.15, -0.1) is 0 Å². The summed E-state index contributed by atoms with van der Waals surface area (Å²) in [6.07, 6.45) is -0.602. The molecular formula is C11H22N4O4. The summed E-state index contributed by atoms with van der Waals surface area (Å²) in [5.41, 5.74) is 10.8. The maximum Gasteiger partial charge on any atom is 0.404 e. The minimum atomic E-state index is -1.18. The van der Waals surface area contributed by atoms with Crippen molar-refractivity contribution in [3.63, 3.8) is 0 Å². The van der Waals surface area contributed by atoms with Crippen LogP contribution in [0.25, 0.3) is 0 Å². The number of hydrogen-bond acceptors (Lipinski definition) is 4. The van der Waals surface area contributed by atoms with Crippen LogP contribution in [0.4, 0.5) is 4.79 Å². The van der Waals surface area contributed by atoms with E-state index < -0.39 is 30.0 Å². The van der Waals surface area contributed by atoms with Gasteiger partial charge in [0, 0.05) is 6.54 Å². The summed E-state index contributed by atoms with van der Waals surface area (Å²) >= 11 is 0. The average Bonchev–Trinajstić information content (AvgIpc) is 2.26. The van der Waals surface area contributed by atoms with Gasteiger partial charge >= 0.3 is 6.09 Å². The van der Waals surface area contributed by atoms with Crippen LogP contribution in [0.1, 0.15) is 26.7 Å². The predicted molar refractivity (Wildman–Crippen MR) is 69.2 cm³/mol. The van der Waals surface area contributed by atoms with Crippen LogP contribution in [0.5, 0.6) is 0 Å². The van der Waals surface area contributed by atoms with Crippen molar-refractivity contribution in [1.29, 1.82) is 0 Å². The minimum Gasteiger partial charge on any atom is -0.465 e. The molecule has 3 amide bonds. The summed E-state index contributed by atoms with van der Waals surface area (Å²) in [4.78, 5) is 33.1. The molecule has 0 spiro atoms. The fourth-order valence-corrected chi connectivity index (χ4v) is 1.46. The molecule has 0 rings (SSSR count). The van der Waals surface area contributed by atoms with E-state index in [1.165, 1.54) is 0 Å². The van der Waals surface area contributed by atoms with Gasteiger partial charge in [0.2, 0.25) is 11.8 Å². The molecule has 0 aliphatic heterocycles. The number of rotatable bonds is 8. The lowest BCUT2D eigenvalue weighted by Gasteiger charge is -2.20. The van der Waals surface area contributed by atoms with Gasteiger partial charge in [0.25, 0.3) is 0 Å². The van der Waals surface area contributed by atoms with Crippen LogP contribution >= 0.6 is 0 Å². The average molecular weight is 274 g/mol. The molecule has 0 fully saturated rings. The molecular weight excluding hydrogens is 252 g/mol. The van der Waals surface area contributed by atoms with Gasteiger partial charge in [-0.25, -0.2) is 4.79 Å². The second-order valence-corrected chi connectivity index (χ2v) is 4.72. The maximum absolute atomic E-state index is 11.7. The van der Waals surface area contributed by atoms with Crippen LogP contribution in [0.15, 0.2) is 0 Å². The first-order chi connectivity index (χ1) is 8.73. The molecule has 8 heteroatoms. The SMILES string of the molecule is CC(C)C[C@H](NC(=O)[C@@H](N)CCNC(=O)O)C(N)=O. The fourth-order valence-electron chi connectivity index (χ4n) is 1.46. The summed E-state index contributed by atoms with van der Waals surface area (Å²) in [7, 11) is 0. The number of amides is 3. The molecule has 7 N–H and O–H groups in total. The second-order valence-electron chi connectivity index (χ2n) is 4.72. The third-order valence-electron chi connectivity index (χ3n) is 2.44. The summed E-state index contributed by atoms with van der Waals surface area (Å²) in [5, 5.41) is 12.9. The molecule has 0 radical (unpaired) electrons. The second kappa shape index (κ2) is 8.30. The molecule has 0 aromatic heterocycles. The highest BCUT2D eigenvalue weighted by atomic mass is 16.4. The lowest BCUT2D eigenvalue weighted by molar-refractivity contribution is -0.128. The smallest absolute Gasteiger partial charge is 0.404 e. The minimum absolute atomic E-state index is 0.0648. The van der Waals surface area contributed by atoms with Crippen molar-refractivity contribution >= 4 is 17.9 Å². The lowest BCUT2D eigenvalue weighted by Crippen LogP contribution is -2.51. The molecule has 110 valence electrons. The Labute approximate surface area is 111 Å². The van der Waals surface area contributed by atoms with E-state index in [-0.39, 0.29) is 18.9 Å². The Hall–Kier alpha value is -1.83. The van der Waals surface area contributed by atoms with Crippen LogP contribution in [0.2, 0.25) is 0 Å². The largest absolute Gasteiger partial charge is 0.465 e. The molecule has 0 saturated carbocycles. The molecule has 0 aromatic rings. The maximum atomic E-state index is 11.7. The third-order valence-corrected chi connectivity index (χ3v) is 2.44. The van der Waals surface area contributed by atoms with Crippen molar-refractivity contribution in [1.82, 2.24) is 10.6 Å². The van der Waals surface area contributed by atoms with Crippen molar-refractivity contribution in [2.45, 2.75) is 38.8 Å². The van der Waals surface area contributed by atoms with Gasteiger partial charge in [0.05, 0.1) is 6.04 Å². The number of nitrogens with one attached hydrogen (secondary N) is 2. The van der Waals surface area contributed by atoms with Crippen molar-refractivity contribution < 1.29 is 19.5 Å². The van der Waals surface area contributed by atoms with Crippen LogP contribution in [-0.4, -0.2) is 41.6 Å². The lowest BCUT2D eigenvalue weighted by atomic mass is 10.0. The molecule has 0 unspecified atom stereocenters. The summed E-state index contributed by atoms with van der Waals surface area (Å²) in [6, 6.07) is -1.65. The van der Waals surface area contributed by atoms with E-state index in [0.29, 0.717) is 6.42 Å². The number of primary amides is 1. The van der Waals surface area contributed by atoms with Gasteiger partial charge in [-0.1, -0.05) is 13.8 Å². The Morgan fingerprint density at radius 2 is 1.84 bits per heavy atom. The fraction of sp³-hybridized carbons (Fsp3) is 0.727. The van der Waals surface area contributed by atoms with Crippen molar-refractivity contribution in [3.8, 4) is 0 Å². The molecule has 0 aliphatic rings. The highest BCUT2D eigenvalue weighted by Gasteiger charge is 2.22. The van der Waals surface area contributed by atoms with Crippen LogP contribution < -0.4 is 22.1 Å². The standard InChI is InChI=1S/C11H22N4O4/c1-6(2)5-8(9(13)16)15-10(17)7(12)3-4-14-11(18)19/h6-8,14H,3-5,12H2,1-2H3,(H2,13,16)(H,15,17)(H,18,19)/t7-,8-/m0/s1. The molecule has 0 aliphatic carbocycles. The van der Waals surface area contributed by atoms with E-state index in [2.05, 4.69) is 10.6 Å². The van der Waals surface area contributed by atoms with Gasteiger partial charge in [-0.05, 0) is 18.8 Å². The molecule has 0 bridgehead atoms. The molecule has 0 aromatic carbocycles. The Bertz CT molecular complexity index is 333. The zero-order chi connectivity index (χ0) is 15.0. The quantitative estimate of drug-likeness (QED) is 0.384. The molecule has 2 atom stereocenters. The van der Waals surface area contributed by atoms with Crippen molar-refractivity contribution in [2.75, 3.05) is 6.54 Å². The Morgan fingerprint density at radius 1 is 1.26 bits per heavy atom. The highest BCUT2D eigenvalue weighted by Crippen LogP contribution is 2.04. The van der Waals surface area contributed by atoms with Gasteiger partial charge in [-0.3, -0.25) is 9.59 Å². The van der Waals surface area contributed by atoms with E-state index in [9.17, 15) is 14.4 Å². The first-order valence-electron chi connectivity index (χ1n) is 6.06. The number of carboxylic acid groups (broad SMARTS) is 1. The van der Waals surface area contributed by atoms with E-state index in [1.807, 2.05) is 13.8 Å². The number of hydrogen-bond donors (Lipinski definition) is 5. The Kier molecular flexibility index (Phi) is 7.50. The van der Waals surface area contributed by atoms with Crippen molar-refractivity contribution in [3.05, 3.63) is 0 Å². The van der Waals surface area contributed by atoms with Crippen LogP contribution in [0, 0.1) is 5.92 Å². The normalized spacial score (nSPS) is 13.7. The van der Waals surface area contributed by atoms with Gasteiger partial charge in [0.15, 0.2) is 0 Å². The van der Waals surface area contributed by atoms with Crippen molar-refractivity contribution in [2.24, 2.45) is 17.4 Å². The zero-order valence-electron chi connectivity index (χ0n) is 11.2. The monoisotopic (exact) mass is 274 g/mol. The third kappa shape index (κ3) is 7.98. The predicted octanol–water partition coefficient (Wildman–Crippen LogP) is -1.01. The van der Waals surface area contributed by atoms with Crippen LogP contribution in [0.3, 0.4) is 0 Å². The van der Waals surface area contributed by atoms with Gasteiger partial charge in [0.1, 0.15) is 6.04 Å². The molecule has 8 nitrogen and oxygen atoms in total. The van der Waals surface area contributed by atoms with E-state index in [0.717, 1.165) is 0 Å². The summed E-state index contributed by atoms with van der Waals surface area (Å²) < 4.78 is 0. The number of nitrogens with two attached hydrogens (primary N) is 2. The number of carbonyl (C=O) groups excluding carboxylic acids is 2. The Morgan fingerprint density at radius 3 is 2.26 bits per heavy atom. The Balaban J connectivity index is 4.23.